The Morgan fingerprint density at radius 2 is 2.04 bits per heavy atom. The van der Waals surface area contributed by atoms with E-state index in [9.17, 15) is 14.4 Å². The number of nitrogens with zero attached hydrogens (tertiary/aromatic N) is 3. The standard InChI is InChI=1S/C16H12N4O4/c17-14(22)13-12(7-21)11-6-18-9-19-15(11)20(16(13)23)24-8-10-4-2-1-3-5-10/h1-7,9H,8H2,(H2,17,22). The first kappa shape index (κ1) is 15.3. The van der Waals surface area contributed by atoms with E-state index in [-0.39, 0.29) is 23.2 Å². The van der Waals surface area contributed by atoms with Crippen molar-refractivity contribution in [3.8, 4) is 0 Å². The smallest absolute Gasteiger partial charge is 0.298 e. The minimum Gasteiger partial charge on any atom is -0.404 e. The third kappa shape index (κ3) is 2.60. The zero-order valence-corrected chi connectivity index (χ0v) is 12.4. The van der Waals surface area contributed by atoms with Gasteiger partial charge < -0.3 is 10.6 Å². The van der Waals surface area contributed by atoms with Crippen molar-refractivity contribution in [3.05, 3.63) is 69.9 Å². The summed E-state index contributed by atoms with van der Waals surface area (Å²) in [5.74, 6) is -1.02. The maximum absolute atomic E-state index is 12.5. The zero-order chi connectivity index (χ0) is 17.1. The maximum Gasteiger partial charge on any atom is 0.298 e. The van der Waals surface area contributed by atoms with Crippen LogP contribution in [0.15, 0.2) is 47.7 Å². The van der Waals surface area contributed by atoms with Crippen molar-refractivity contribution in [2.24, 2.45) is 5.73 Å². The molecule has 24 heavy (non-hydrogen) atoms. The SMILES string of the molecule is NC(=O)c1c(C=O)c2cncnc2n(OCc2ccccc2)c1=O. The average molecular weight is 324 g/mol. The Morgan fingerprint density at radius 1 is 1.29 bits per heavy atom. The molecular weight excluding hydrogens is 312 g/mol. The number of hydrogen-bond acceptors (Lipinski definition) is 6. The van der Waals surface area contributed by atoms with Gasteiger partial charge in [0, 0.05) is 11.8 Å². The van der Waals surface area contributed by atoms with Gasteiger partial charge in [0.1, 0.15) is 18.5 Å². The number of benzene rings is 1. The molecule has 1 amide bonds. The Kier molecular flexibility index (Phi) is 4.02. The summed E-state index contributed by atoms with van der Waals surface area (Å²) in [6.07, 6.45) is 2.91. The predicted octanol–water partition coefficient (Wildman–Crippen LogP) is 0.332. The van der Waals surface area contributed by atoms with E-state index in [4.69, 9.17) is 10.6 Å². The molecule has 2 N–H and O–H groups in total. The van der Waals surface area contributed by atoms with Gasteiger partial charge in [-0.3, -0.25) is 14.4 Å². The summed E-state index contributed by atoms with van der Waals surface area (Å²) in [5.41, 5.74) is 4.69. The minimum absolute atomic E-state index is 0.0679. The van der Waals surface area contributed by atoms with Gasteiger partial charge in [0.25, 0.3) is 11.5 Å². The molecule has 8 heteroatoms. The molecule has 8 nitrogen and oxygen atoms in total. The lowest BCUT2D eigenvalue weighted by Gasteiger charge is -2.13. The van der Waals surface area contributed by atoms with Crippen molar-refractivity contribution in [1.82, 2.24) is 14.7 Å². The van der Waals surface area contributed by atoms with Crippen molar-refractivity contribution in [1.29, 1.82) is 0 Å². The van der Waals surface area contributed by atoms with Gasteiger partial charge in [-0.25, -0.2) is 9.97 Å². The van der Waals surface area contributed by atoms with Crippen LogP contribution in [0, 0.1) is 0 Å². The minimum atomic E-state index is -1.02. The highest BCUT2D eigenvalue weighted by Crippen LogP contribution is 2.15. The number of nitrogens with two attached hydrogens (primary N) is 1. The molecule has 2 aromatic heterocycles. The van der Waals surface area contributed by atoms with Gasteiger partial charge >= 0.3 is 0 Å². The number of primary amides is 1. The monoisotopic (exact) mass is 324 g/mol. The molecule has 0 unspecified atom stereocenters. The van der Waals surface area contributed by atoms with Gasteiger partial charge in [0.2, 0.25) is 0 Å². The highest BCUT2D eigenvalue weighted by atomic mass is 16.7. The molecule has 120 valence electrons. The molecule has 0 spiro atoms. The first-order valence-electron chi connectivity index (χ1n) is 6.94. The Balaban J connectivity index is 2.19. The van der Waals surface area contributed by atoms with Crippen molar-refractivity contribution in [2.75, 3.05) is 0 Å². The van der Waals surface area contributed by atoms with Gasteiger partial charge in [0.15, 0.2) is 11.9 Å². The summed E-state index contributed by atoms with van der Waals surface area (Å²) in [6, 6.07) is 9.13. The number of fused-ring (bicyclic) bond motifs is 1. The summed E-state index contributed by atoms with van der Waals surface area (Å²) >= 11 is 0. The normalized spacial score (nSPS) is 10.5. The largest absolute Gasteiger partial charge is 0.404 e. The third-order valence-corrected chi connectivity index (χ3v) is 3.41. The molecule has 0 aliphatic heterocycles. The van der Waals surface area contributed by atoms with Crippen molar-refractivity contribution in [3.63, 3.8) is 0 Å². The Bertz CT molecular complexity index is 983. The molecule has 0 aliphatic carbocycles. The van der Waals surface area contributed by atoms with E-state index in [0.717, 1.165) is 10.3 Å². The summed E-state index contributed by atoms with van der Waals surface area (Å²) in [6.45, 7) is 0.0679. The van der Waals surface area contributed by atoms with E-state index >= 15 is 0 Å². The van der Waals surface area contributed by atoms with E-state index in [1.165, 1.54) is 12.5 Å². The zero-order valence-electron chi connectivity index (χ0n) is 12.4. The maximum atomic E-state index is 12.5. The molecule has 0 atom stereocenters. The van der Waals surface area contributed by atoms with Gasteiger partial charge in [0.05, 0.1) is 5.39 Å². The number of hydrogen-bond donors (Lipinski definition) is 1. The van der Waals surface area contributed by atoms with Crippen LogP contribution >= 0.6 is 0 Å². The van der Waals surface area contributed by atoms with Gasteiger partial charge in [-0.15, -0.1) is 4.73 Å². The van der Waals surface area contributed by atoms with Crippen LogP contribution in [0.2, 0.25) is 0 Å². The van der Waals surface area contributed by atoms with Crippen LogP contribution in [0.3, 0.4) is 0 Å². The quantitative estimate of drug-likeness (QED) is 0.676. The van der Waals surface area contributed by atoms with Crippen LogP contribution in [-0.2, 0) is 6.61 Å². The number of carbonyl (C=O) groups is 2. The Hall–Kier alpha value is -3.55. The molecule has 0 fully saturated rings. The van der Waals surface area contributed by atoms with Gasteiger partial charge in [-0.2, -0.15) is 0 Å². The fourth-order valence-electron chi connectivity index (χ4n) is 2.32. The molecule has 0 aliphatic rings. The van der Waals surface area contributed by atoms with Crippen molar-refractivity contribution < 1.29 is 14.4 Å². The summed E-state index contributed by atoms with van der Waals surface area (Å²) in [7, 11) is 0. The van der Waals surface area contributed by atoms with Crippen LogP contribution < -0.4 is 16.1 Å². The highest BCUT2D eigenvalue weighted by molar-refractivity contribution is 6.07. The van der Waals surface area contributed by atoms with Crippen molar-refractivity contribution >= 4 is 23.2 Å². The molecule has 0 saturated carbocycles. The van der Waals surface area contributed by atoms with Crippen molar-refractivity contribution in [2.45, 2.75) is 6.61 Å². The molecule has 0 saturated heterocycles. The van der Waals surface area contributed by atoms with E-state index in [1.807, 2.05) is 30.3 Å². The highest BCUT2D eigenvalue weighted by Gasteiger charge is 2.22. The second-order valence-corrected chi connectivity index (χ2v) is 4.89. The van der Waals surface area contributed by atoms with Crippen LogP contribution in [0.5, 0.6) is 0 Å². The molecule has 3 aromatic rings. The number of carbonyl (C=O) groups excluding carboxylic acids is 2. The van der Waals surface area contributed by atoms with Crippen LogP contribution in [0.25, 0.3) is 11.0 Å². The van der Waals surface area contributed by atoms with Gasteiger partial charge in [-0.1, -0.05) is 30.3 Å². The molecular formula is C16H12N4O4. The predicted molar refractivity (Wildman–Crippen MR) is 84.4 cm³/mol. The first-order valence-corrected chi connectivity index (χ1v) is 6.94. The van der Waals surface area contributed by atoms with Crippen LogP contribution in [0.1, 0.15) is 26.3 Å². The third-order valence-electron chi connectivity index (χ3n) is 3.41. The van der Waals surface area contributed by atoms with E-state index in [0.29, 0.717) is 6.29 Å². The number of rotatable bonds is 5. The second kappa shape index (κ2) is 6.29. The molecule has 3 rings (SSSR count). The molecule has 1 aromatic carbocycles. The Morgan fingerprint density at radius 3 is 2.71 bits per heavy atom. The van der Waals surface area contributed by atoms with E-state index < -0.39 is 17.0 Å². The van der Waals surface area contributed by atoms with Crippen LogP contribution in [0.4, 0.5) is 0 Å². The Labute approximate surface area is 135 Å². The number of aromatic nitrogens is 3. The number of aldehydes is 1. The second-order valence-electron chi connectivity index (χ2n) is 4.89. The first-order chi connectivity index (χ1) is 11.6. The molecule has 2 heterocycles. The lowest BCUT2D eigenvalue weighted by molar-refractivity contribution is 0.0917. The topological polar surface area (TPSA) is 117 Å². The van der Waals surface area contributed by atoms with E-state index in [1.54, 1.807) is 0 Å². The fraction of sp³-hybridized carbons (Fsp3) is 0.0625. The molecule has 0 bridgehead atoms. The lowest BCUT2D eigenvalue weighted by atomic mass is 10.1. The summed E-state index contributed by atoms with van der Waals surface area (Å²) < 4.78 is 0.858. The number of amides is 1. The van der Waals surface area contributed by atoms with Crippen LogP contribution in [-0.4, -0.2) is 26.9 Å². The fourth-order valence-corrected chi connectivity index (χ4v) is 2.32. The molecule has 0 radical (unpaired) electrons. The van der Waals surface area contributed by atoms with Gasteiger partial charge in [-0.05, 0) is 5.56 Å². The average Bonchev–Trinajstić information content (AvgIpc) is 2.60. The summed E-state index contributed by atoms with van der Waals surface area (Å²) in [5, 5.41) is 0.203. The number of pyridine rings is 1. The summed E-state index contributed by atoms with van der Waals surface area (Å²) in [4.78, 5) is 48.8. The van der Waals surface area contributed by atoms with E-state index in [2.05, 4.69) is 9.97 Å². The lowest BCUT2D eigenvalue weighted by Crippen LogP contribution is -2.35.